The molecule has 4 heteroatoms. The van der Waals surface area contributed by atoms with Crippen LogP contribution >= 0.6 is 0 Å². The van der Waals surface area contributed by atoms with E-state index in [9.17, 15) is 14.7 Å². The molecule has 0 radical (unpaired) electrons. The number of allylic oxidation sites excluding steroid dienone is 1. The van der Waals surface area contributed by atoms with Crippen molar-refractivity contribution in [3.05, 3.63) is 11.3 Å². The molecule has 3 nitrogen and oxygen atoms in total. The lowest BCUT2D eigenvalue weighted by molar-refractivity contribution is -0.138. The third-order valence-corrected chi connectivity index (χ3v) is 5.58. The average Bonchev–Trinajstić information content (AvgIpc) is 2.29. The van der Waals surface area contributed by atoms with Crippen LogP contribution in [0.3, 0.4) is 0 Å². The Morgan fingerprint density at radius 3 is 2.38 bits per heavy atom. The molecule has 21 heavy (non-hydrogen) atoms. The first-order valence-electron chi connectivity index (χ1n) is 8.04. The van der Waals surface area contributed by atoms with E-state index >= 15 is 0 Å². The fourth-order valence-electron chi connectivity index (χ4n) is 3.43. The van der Waals surface area contributed by atoms with E-state index in [4.69, 9.17) is 0 Å². The Morgan fingerprint density at radius 2 is 1.90 bits per heavy atom. The van der Waals surface area contributed by atoms with Crippen LogP contribution in [0.15, 0.2) is 11.3 Å². The maximum atomic E-state index is 11.3. The van der Waals surface area contributed by atoms with Crippen LogP contribution in [0.25, 0.3) is 0 Å². The highest BCUT2D eigenvalue weighted by molar-refractivity contribution is 6.81. The van der Waals surface area contributed by atoms with E-state index in [0.29, 0.717) is 18.3 Å². The topological polar surface area (TPSA) is 54.4 Å². The molecule has 0 aromatic rings. The van der Waals surface area contributed by atoms with Crippen molar-refractivity contribution in [3.63, 3.8) is 0 Å². The quantitative estimate of drug-likeness (QED) is 0.744. The Labute approximate surface area is 129 Å². The van der Waals surface area contributed by atoms with Gasteiger partial charge in [-0.2, -0.15) is 0 Å². The van der Waals surface area contributed by atoms with Crippen molar-refractivity contribution in [3.8, 4) is 0 Å². The molecule has 1 fully saturated rings. The molecule has 0 spiro atoms. The fraction of sp³-hybridized carbons (Fsp3) is 0.765. The molecule has 0 saturated heterocycles. The van der Waals surface area contributed by atoms with Gasteiger partial charge in [-0.15, -0.1) is 0 Å². The van der Waals surface area contributed by atoms with Crippen molar-refractivity contribution in [2.75, 3.05) is 0 Å². The zero-order valence-electron chi connectivity index (χ0n) is 14.1. The minimum atomic E-state index is -1.40. The molecule has 0 aromatic heterocycles. The van der Waals surface area contributed by atoms with Crippen molar-refractivity contribution in [1.29, 1.82) is 0 Å². The Morgan fingerprint density at radius 1 is 1.29 bits per heavy atom. The number of ketones is 1. The van der Waals surface area contributed by atoms with Gasteiger partial charge in [-0.05, 0) is 43.9 Å². The fourth-order valence-corrected chi connectivity index (χ4v) is 4.88. The number of hydrogen-bond acceptors (Lipinski definition) is 2. The highest BCUT2D eigenvalue weighted by atomic mass is 28.3. The van der Waals surface area contributed by atoms with E-state index in [2.05, 4.69) is 32.3 Å². The molecule has 0 bridgehead atoms. The van der Waals surface area contributed by atoms with Crippen LogP contribution in [0.1, 0.15) is 46.0 Å². The maximum Gasteiger partial charge on any atom is 0.303 e. The van der Waals surface area contributed by atoms with E-state index in [1.807, 2.05) is 0 Å². The number of rotatable bonds is 6. The van der Waals surface area contributed by atoms with Gasteiger partial charge in [0.25, 0.3) is 0 Å². The third-order valence-electron chi connectivity index (χ3n) is 4.39. The zero-order chi connectivity index (χ0) is 16.2. The number of carboxylic acid groups (broad SMARTS) is 1. The predicted molar refractivity (Wildman–Crippen MR) is 89.0 cm³/mol. The molecule has 120 valence electrons. The largest absolute Gasteiger partial charge is 0.481 e. The SMILES string of the molecule is CC(=O)CC[C@@H]1/C(=C\[Si](C)(C)C)[C@H](CC(=O)O)CC[C@H]1C. The van der Waals surface area contributed by atoms with Gasteiger partial charge in [0.05, 0.1) is 14.5 Å². The van der Waals surface area contributed by atoms with Gasteiger partial charge < -0.3 is 9.90 Å². The highest BCUT2D eigenvalue weighted by Crippen LogP contribution is 2.43. The minimum Gasteiger partial charge on any atom is -0.481 e. The molecule has 0 amide bonds. The van der Waals surface area contributed by atoms with Gasteiger partial charge in [0.2, 0.25) is 0 Å². The van der Waals surface area contributed by atoms with Gasteiger partial charge in [-0.25, -0.2) is 0 Å². The summed E-state index contributed by atoms with van der Waals surface area (Å²) in [5.41, 5.74) is 3.75. The summed E-state index contributed by atoms with van der Waals surface area (Å²) in [5.74, 6) is 0.634. The number of Topliss-reactive ketones (excluding diaryl/α,β-unsaturated/α-hetero) is 1. The van der Waals surface area contributed by atoms with Gasteiger partial charge in [-0.3, -0.25) is 4.79 Å². The molecule has 0 unspecified atom stereocenters. The number of hydrogen-bond donors (Lipinski definition) is 1. The first-order valence-corrected chi connectivity index (χ1v) is 11.6. The van der Waals surface area contributed by atoms with Crippen molar-refractivity contribution in [2.24, 2.45) is 17.8 Å². The summed E-state index contributed by atoms with van der Waals surface area (Å²) in [6, 6.07) is 0. The Kier molecular flexibility index (Phi) is 6.38. The summed E-state index contributed by atoms with van der Waals surface area (Å²) < 4.78 is 0. The average molecular weight is 311 g/mol. The highest BCUT2D eigenvalue weighted by Gasteiger charge is 2.34. The molecule has 1 N–H and O–H groups in total. The molecule has 0 aromatic carbocycles. The van der Waals surface area contributed by atoms with E-state index in [-0.39, 0.29) is 18.1 Å². The van der Waals surface area contributed by atoms with Gasteiger partial charge in [0.15, 0.2) is 0 Å². The van der Waals surface area contributed by atoms with Crippen LogP contribution in [-0.2, 0) is 9.59 Å². The third kappa shape index (κ3) is 6.16. The predicted octanol–water partition coefficient (Wildman–Crippen LogP) is 4.30. The van der Waals surface area contributed by atoms with E-state index in [1.165, 1.54) is 5.57 Å². The molecular weight excluding hydrogens is 280 g/mol. The van der Waals surface area contributed by atoms with Gasteiger partial charge >= 0.3 is 5.97 Å². The number of carbonyl (C=O) groups is 2. The normalized spacial score (nSPS) is 28.6. The Bertz CT molecular complexity index is 420. The molecule has 0 heterocycles. The summed E-state index contributed by atoms with van der Waals surface area (Å²) >= 11 is 0. The molecule has 1 saturated carbocycles. The summed E-state index contributed by atoms with van der Waals surface area (Å²) in [6.45, 7) is 10.8. The smallest absolute Gasteiger partial charge is 0.303 e. The van der Waals surface area contributed by atoms with Crippen molar-refractivity contribution < 1.29 is 14.7 Å². The van der Waals surface area contributed by atoms with E-state index in [0.717, 1.165) is 19.3 Å². The zero-order valence-corrected chi connectivity index (χ0v) is 15.1. The minimum absolute atomic E-state index is 0.169. The second-order valence-corrected chi connectivity index (χ2v) is 12.7. The van der Waals surface area contributed by atoms with Crippen molar-refractivity contribution in [2.45, 2.75) is 65.6 Å². The summed E-state index contributed by atoms with van der Waals surface area (Å²) in [6.07, 6.45) is 3.77. The van der Waals surface area contributed by atoms with Crippen LogP contribution in [0.2, 0.25) is 19.6 Å². The molecular formula is C17H30O3Si. The second kappa shape index (κ2) is 7.39. The van der Waals surface area contributed by atoms with Crippen LogP contribution < -0.4 is 0 Å². The number of aliphatic carboxylic acids is 1. The van der Waals surface area contributed by atoms with E-state index in [1.54, 1.807) is 6.92 Å². The summed E-state index contributed by atoms with van der Waals surface area (Å²) in [7, 11) is -1.40. The molecule has 1 aliphatic carbocycles. The van der Waals surface area contributed by atoms with Crippen LogP contribution in [0.4, 0.5) is 0 Å². The summed E-state index contributed by atoms with van der Waals surface area (Å²) in [4.78, 5) is 22.5. The van der Waals surface area contributed by atoms with Crippen LogP contribution in [-0.4, -0.2) is 24.9 Å². The van der Waals surface area contributed by atoms with Crippen molar-refractivity contribution >= 4 is 19.8 Å². The first kappa shape index (κ1) is 18.1. The van der Waals surface area contributed by atoms with Crippen LogP contribution in [0, 0.1) is 17.8 Å². The lowest BCUT2D eigenvalue weighted by atomic mass is 9.69. The second-order valence-electron chi connectivity index (χ2n) is 7.71. The van der Waals surface area contributed by atoms with Gasteiger partial charge in [0, 0.05) is 6.42 Å². The monoisotopic (exact) mass is 310 g/mol. The molecule has 1 rings (SSSR count). The lowest BCUT2D eigenvalue weighted by Gasteiger charge is -2.38. The molecule has 3 atom stereocenters. The number of carbonyl (C=O) groups excluding carboxylic acids is 1. The number of carboxylic acids is 1. The van der Waals surface area contributed by atoms with Gasteiger partial charge in [0.1, 0.15) is 5.78 Å². The van der Waals surface area contributed by atoms with Gasteiger partial charge in [-0.1, -0.05) is 37.8 Å². The lowest BCUT2D eigenvalue weighted by Crippen LogP contribution is -2.31. The Balaban J connectivity index is 3.04. The maximum absolute atomic E-state index is 11.3. The first-order chi connectivity index (χ1) is 9.60. The van der Waals surface area contributed by atoms with Crippen LogP contribution in [0.5, 0.6) is 0 Å². The Hall–Kier alpha value is -0.903. The molecule has 1 aliphatic rings. The van der Waals surface area contributed by atoms with E-state index < -0.39 is 14.0 Å². The summed E-state index contributed by atoms with van der Waals surface area (Å²) in [5, 5.41) is 9.18. The van der Waals surface area contributed by atoms with Crippen molar-refractivity contribution in [1.82, 2.24) is 0 Å². The standard InChI is InChI=1S/C17H30O3Si/c1-12-6-8-14(10-17(19)20)16(11-21(3,4)5)15(12)9-7-13(2)18/h11-12,14-15H,6-10H2,1-5H3,(H,19,20)/b16-11-/t12-,14+,15+/m1/s1. The molecule has 0 aliphatic heterocycles.